The molecular weight excluding hydrogens is 262 g/mol. The Hall–Kier alpha value is -2.60. The van der Waals surface area contributed by atoms with Gasteiger partial charge in [0.2, 0.25) is 0 Å². The minimum absolute atomic E-state index is 0.269. The molecule has 0 aliphatic carbocycles. The summed E-state index contributed by atoms with van der Waals surface area (Å²) in [6.45, 7) is 2.94. The second-order valence-corrected chi connectivity index (χ2v) is 4.66. The lowest BCUT2D eigenvalue weighted by Gasteiger charge is -2.14. The Kier molecular flexibility index (Phi) is 5.11. The number of hydrogen-bond acceptors (Lipinski definition) is 3. The lowest BCUT2D eigenvalue weighted by molar-refractivity contribution is 0.366. The summed E-state index contributed by atoms with van der Waals surface area (Å²) >= 11 is 0. The molecular formula is C18H19NO2. The number of terminal acetylenes is 1. The maximum absolute atomic E-state index is 5.54. The summed E-state index contributed by atoms with van der Waals surface area (Å²) in [4.78, 5) is 0. The molecule has 0 saturated heterocycles. The number of rotatable bonds is 6. The van der Waals surface area contributed by atoms with Gasteiger partial charge in [-0.25, -0.2) is 0 Å². The van der Waals surface area contributed by atoms with Gasteiger partial charge in [-0.2, -0.15) is 0 Å². The molecule has 0 saturated carbocycles. The zero-order chi connectivity index (χ0) is 15.1. The monoisotopic (exact) mass is 281 g/mol. The summed E-state index contributed by atoms with van der Waals surface area (Å²) in [5.41, 5.74) is 3.17. The molecule has 0 bridgehead atoms. The van der Waals surface area contributed by atoms with Crippen LogP contribution in [0.2, 0.25) is 0 Å². The van der Waals surface area contributed by atoms with E-state index in [1.54, 1.807) is 7.11 Å². The molecule has 0 aromatic heterocycles. The van der Waals surface area contributed by atoms with E-state index in [1.165, 1.54) is 0 Å². The fraction of sp³-hybridized carbons (Fsp3) is 0.222. The summed E-state index contributed by atoms with van der Waals surface area (Å²) < 4.78 is 10.9. The van der Waals surface area contributed by atoms with Gasteiger partial charge < -0.3 is 14.8 Å². The molecule has 21 heavy (non-hydrogen) atoms. The average Bonchev–Trinajstić information content (AvgIpc) is 2.52. The van der Waals surface area contributed by atoms with Crippen molar-refractivity contribution in [2.24, 2.45) is 0 Å². The topological polar surface area (TPSA) is 30.5 Å². The number of anilines is 1. The van der Waals surface area contributed by atoms with E-state index in [1.807, 2.05) is 49.4 Å². The van der Waals surface area contributed by atoms with Gasteiger partial charge in [-0.1, -0.05) is 30.2 Å². The largest absolute Gasteiger partial charge is 0.495 e. The van der Waals surface area contributed by atoms with Gasteiger partial charge in [-0.3, -0.25) is 0 Å². The fourth-order valence-electron chi connectivity index (χ4n) is 2.05. The standard InChI is InChI=1S/C18H19NO2/c1-4-11-21-17-8-6-5-7-15(17)13-19-16-10-9-14(2)12-18(16)20-3/h1,5-10,12,19H,11,13H2,2-3H3. The molecule has 108 valence electrons. The van der Waals surface area contributed by atoms with Gasteiger partial charge >= 0.3 is 0 Å². The predicted octanol–water partition coefficient (Wildman–Crippen LogP) is 3.63. The molecule has 2 aromatic rings. The fourth-order valence-corrected chi connectivity index (χ4v) is 2.05. The second-order valence-electron chi connectivity index (χ2n) is 4.66. The SMILES string of the molecule is C#CCOc1ccccc1CNc1ccc(C)cc1OC. The van der Waals surface area contributed by atoms with Crippen LogP contribution in [0.4, 0.5) is 5.69 Å². The van der Waals surface area contributed by atoms with Gasteiger partial charge in [0.15, 0.2) is 0 Å². The van der Waals surface area contributed by atoms with Gasteiger partial charge in [0.1, 0.15) is 18.1 Å². The van der Waals surface area contributed by atoms with Gasteiger partial charge in [0, 0.05) is 12.1 Å². The summed E-state index contributed by atoms with van der Waals surface area (Å²) in [7, 11) is 1.67. The summed E-state index contributed by atoms with van der Waals surface area (Å²) in [5.74, 6) is 4.11. The van der Waals surface area contributed by atoms with E-state index < -0.39 is 0 Å². The molecule has 0 fully saturated rings. The van der Waals surface area contributed by atoms with Crippen molar-refractivity contribution in [3.63, 3.8) is 0 Å². The quantitative estimate of drug-likeness (QED) is 0.820. The lowest BCUT2D eigenvalue weighted by atomic mass is 10.1. The highest BCUT2D eigenvalue weighted by Gasteiger charge is 2.06. The van der Waals surface area contributed by atoms with E-state index in [0.29, 0.717) is 6.54 Å². The Morgan fingerprint density at radius 2 is 1.95 bits per heavy atom. The van der Waals surface area contributed by atoms with Gasteiger partial charge in [-0.15, -0.1) is 6.42 Å². The third-order valence-corrected chi connectivity index (χ3v) is 3.11. The number of benzene rings is 2. The van der Waals surface area contributed by atoms with Crippen LogP contribution in [-0.4, -0.2) is 13.7 Å². The van der Waals surface area contributed by atoms with Crippen LogP contribution in [0.5, 0.6) is 11.5 Å². The lowest BCUT2D eigenvalue weighted by Crippen LogP contribution is -2.04. The Bertz CT molecular complexity index is 644. The van der Waals surface area contributed by atoms with E-state index in [4.69, 9.17) is 15.9 Å². The summed E-state index contributed by atoms with van der Waals surface area (Å²) in [5, 5.41) is 3.37. The highest BCUT2D eigenvalue weighted by atomic mass is 16.5. The molecule has 0 spiro atoms. The number of nitrogens with one attached hydrogen (secondary N) is 1. The van der Waals surface area contributed by atoms with Crippen LogP contribution in [0.3, 0.4) is 0 Å². The van der Waals surface area contributed by atoms with E-state index >= 15 is 0 Å². The van der Waals surface area contributed by atoms with Crippen molar-refractivity contribution in [1.82, 2.24) is 0 Å². The van der Waals surface area contributed by atoms with Crippen LogP contribution in [0.1, 0.15) is 11.1 Å². The maximum atomic E-state index is 5.54. The predicted molar refractivity (Wildman–Crippen MR) is 85.8 cm³/mol. The zero-order valence-electron chi connectivity index (χ0n) is 12.3. The molecule has 0 amide bonds. The Morgan fingerprint density at radius 1 is 1.14 bits per heavy atom. The molecule has 3 heteroatoms. The normalized spacial score (nSPS) is 9.76. The van der Waals surface area contributed by atoms with Gasteiger partial charge in [0.05, 0.1) is 12.8 Å². The van der Waals surface area contributed by atoms with Gasteiger partial charge in [-0.05, 0) is 30.7 Å². The van der Waals surface area contributed by atoms with Crippen molar-refractivity contribution >= 4 is 5.69 Å². The Morgan fingerprint density at radius 3 is 2.71 bits per heavy atom. The van der Waals surface area contributed by atoms with Crippen molar-refractivity contribution in [1.29, 1.82) is 0 Å². The van der Waals surface area contributed by atoms with E-state index in [0.717, 1.165) is 28.3 Å². The third kappa shape index (κ3) is 3.93. The number of para-hydroxylation sites is 1. The van der Waals surface area contributed by atoms with E-state index in [-0.39, 0.29) is 6.61 Å². The average molecular weight is 281 g/mol. The smallest absolute Gasteiger partial charge is 0.148 e. The van der Waals surface area contributed by atoms with Crippen LogP contribution in [0.15, 0.2) is 42.5 Å². The first-order chi connectivity index (χ1) is 10.2. The molecule has 0 aliphatic heterocycles. The minimum Gasteiger partial charge on any atom is -0.495 e. The van der Waals surface area contributed by atoms with Crippen LogP contribution in [0, 0.1) is 19.3 Å². The first-order valence-electron chi connectivity index (χ1n) is 6.77. The molecule has 3 nitrogen and oxygen atoms in total. The van der Waals surface area contributed by atoms with Gasteiger partial charge in [0.25, 0.3) is 0 Å². The first kappa shape index (κ1) is 14.8. The summed E-state index contributed by atoms with van der Waals surface area (Å²) in [6, 6.07) is 13.9. The molecule has 2 aromatic carbocycles. The van der Waals surface area contributed by atoms with Crippen LogP contribution >= 0.6 is 0 Å². The van der Waals surface area contributed by atoms with Crippen molar-refractivity contribution in [3.05, 3.63) is 53.6 Å². The number of hydrogen-bond donors (Lipinski definition) is 1. The Balaban J connectivity index is 2.11. The van der Waals surface area contributed by atoms with Crippen molar-refractivity contribution in [2.75, 3.05) is 19.0 Å². The minimum atomic E-state index is 0.269. The van der Waals surface area contributed by atoms with Crippen molar-refractivity contribution in [3.8, 4) is 23.8 Å². The van der Waals surface area contributed by atoms with Crippen LogP contribution in [0.25, 0.3) is 0 Å². The first-order valence-corrected chi connectivity index (χ1v) is 6.77. The Labute approximate surface area is 125 Å². The highest BCUT2D eigenvalue weighted by molar-refractivity contribution is 5.58. The van der Waals surface area contributed by atoms with E-state index in [9.17, 15) is 0 Å². The molecule has 2 rings (SSSR count). The highest BCUT2D eigenvalue weighted by Crippen LogP contribution is 2.27. The van der Waals surface area contributed by atoms with Crippen LogP contribution < -0.4 is 14.8 Å². The molecule has 0 aliphatic rings. The molecule has 0 unspecified atom stereocenters. The maximum Gasteiger partial charge on any atom is 0.148 e. The molecule has 1 N–H and O–H groups in total. The van der Waals surface area contributed by atoms with Crippen LogP contribution in [-0.2, 0) is 6.54 Å². The second kappa shape index (κ2) is 7.25. The zero-order valence-corrected chi connectivity index (χ0v) is 12.3. The summed E-state index contributed by atoms with van der Waals surface area (Å²) in [6.07, 6.45) is 5.24. The number of ether oxygens (including phenoxy) is 2. The third-order valence-electron chi connectivity index (χ3n) is 3.11. The molecule has 0 heterocycles. The molecule has 0 atom stereocenters. The van der Waals surface area contributed by atoms with Crippen molar-refractivity contribution in [2.45, 2.75) is 13.5 Å². The van der Waals surface area contributed by atoms with E-state index in [2.05, 4.69) is 11.2 Å². The number of methoxy groups -OCH3 is 1. The van der Waals surface area contributed by atoms with Crippen molar-refractivity contribution < 1.29 is 9.47 Å². The molecule has 0 radical (unpaired) electrons. The number of aryl methyl sites for hydroxylation is 1.